The predicted molar refractivity (Wildman–Crippen MR) is 89.6 cm³/mol. The van der Waals surface area contributed by atoms with Crippen LogP contribution < -0.4 is 10.2 Å². The first-order chi connectivity index (χ1) is 11.0. The minimum Gasteiger partial charge on any atom is -0.363 e. The number of nitro benzene ring substituents is 1. The van der Waals surface area contributed by atoms with Crippen molar-refractivity contribution in [3.05, 3.63) is 34.4 Å². The maximum Gasteiger partial charge on any atom is 0.292 e. The molecule has 1 aliphatic rings. The van der Waals surface area contributed by atoms with Gasteiger partial charge in [-0.05, 0) is 12.0 Å². The standard InChI is InChI=1S/C16H24N4O3/c1-13(2)11-17-16(21)12-18-7-9-19(10-8-18)14-5-3-4-6-15(14)20(22)23/h3-6,13H,7-12H2,1-2H3,(H,17,21). The quantitative estimate of drug-likeness (QED) is 0.634. The molecule has 0 radical (unpaired) electrons. The van der Waals surface area contributed by atoms with Gasteiger partial charge in [0.1, 0.15) is 5.69 Å². The molecule has 0 atom stereocenters. The third-order valence-corrected chi connectivity index (χ3v) is 3.87. The minimum atomic E-state index is -0.346. The van der Waals surface area contributed by atoms with E-state index in [4.69, 9.17) is 0 Å². The van der Waals surface area contributed by atoms with Gasteiger partial charge in [-0.15, -0.1) is 0 Å². The normalized spacial score (nSPS) is 15.7. The fourth-order valence-corrected chi connectivity index (χ4v) is 2.61. The highest BCUT2D eigenvalue weighted by atomic mass is 16.6. The fourth-order valence-electron chi connectivity index (χ4n) is 2.61. The molecule has 0 aromatic heterocycles. The van der Waals surface area contributed by atoms with E-state index in [1.807, 2.05) is 11.0 Å². The van der Waals surface area contributed by atoms with Crippen LogP contribution in [0.15, 0.2) is 24.3 Å². The molecular weight excluding hydrogens is 296 g/mol. The number of anilines is 1. The second-order valence-corrected chi connectivity index (χ2v) is 6.21. The lowest BCUT2D eigenvalue weighted by molar-refractivity contribution is -0.384. The van der Waals surface area contributed by atoms with Gasteiger partial charge in [0.2, 0.25) is 5.91 Å². The Bertz CT molecular complexity index is 554. The van der Waals surface area contributed by atoms with Gasteiger partial charge >= 0.3 is 0 Å². The molecule has 2 rings (SSSR count). The third kappa shape index (κ3) is 4.92. The van der Waals surface area contributed by atoms with Gasteiger partial charge in [0.25, 0.3) is 5.69 Å². The molecule has 1 saturated heterocycles. The number of rotatable bonds is 6. The molecule has 1 amide bonds. The van der Waals surface area contributed by atoms with E-state index in [9.17, 15) is 14.9 Å². The number of benzene rings is 1. The van der Waals surface area contributed by atoms with Crippen LogP contribution in [-0.4, -0.2) is 55.0 Å². The number of amides is 1. The van der Waals surface area contributed by atoms with Gasteiger partial charge < -0.3 is 10.2 Å². The maximum absolute atomic E-state index is 11.9. The van der Waals surface area contributed by atoms with Crippen LogP contribution in [0.2, 0.25) is 0 Å². The van der Waals surface area contributed by atoms with Crippen molar-refractivity contribution in [2.75, 3.05) is 44.2 Å². The van der Waals surface area contributed by atoms with Crippen LogP contribution >= 0.6 is 0 Å². The first kappa shape index (κ1) is 17.2. The minimum absolute atomic E-state index is 0.0397. The first-order valence-electron chi connectivity index (χ1n) is 7.95. The van der Waals surface area contributed by atoms with E-state index in [1.165, 1.54) is 6.07 Å². The molecule has 0 spiro atoms. The van der Waals surface area contributed by atoms with Gasteiger partial charge in [-0.25, -0.2) is 0 Å². The van der Waals surface area contributed by atoms with Crippen LogP contribution in [0.25, 0.3) is 0 Å². The molecule has 1 N–H and O–H groups in total. The van der Waals surface area contributed by atoms with Crippen LogP contribution in [0, 0.1) is 16.0 Å². The molecule has 0 saturated carbocycles. The number of carbonyl (C=O) groups excluding carboxylic acids is 1. The Morgan fingerprint density at radius 1 is 1.26 bits per heavy atom. The summed E-state index contributed by atoms with van der Waals surface area (Å²) in [7, 11) is 0. The lowest BCUT2D eigenvalue weighted by atomic mass is 10.2. The van der Waals surface area contributed by atoms with Gasteiger partial charge in [-0.1, -0.05) is 26.0 Å². The molecule has 1 heterocycles. The molecule has 7 heteroatoms. The van der Waals surface area contributed by atoms with Crippen molar-refractivity contribution in [2.24, 2.45) is 5.92 Å². The Hall–Kier alpha value is -2.15. The molecule has 0 aliphatic carbocycles. The Kier molecular flexibility index (Phi) is 5.92. The first-order valence-corrected chi connectivity index (χ1v) is 7.95. The third-order valence-electron chi connectivity index (χ3n) is 3.87. The zero-order valence-electron chi connectivity index (χ0n) is 13.7. The SMILES string of the molecule is CC(C)CNC(=O)CN1CCN(c2ccccc2[N+](=O)[O-])CC1. The van der Waals surface area contributed by atoms with Gasteiger partial charge in [0.15, 0.2) is 0 Å². The van der Waals surface area contributed by atoms with E-state index >= 15 is 0 Å². The number of nitrogens with zero attached hydrogens (tertiary/aromatic N) is 3. The zero-order valence-corrected chi connectivity index (χ0v) is 13.7. The summed E-state index contributed by atoms with van der Waals surface area (Å²) in [6, 6.07) is 6.80. The predicted octanol–water partition coefficient (Wildman–Crippen LogP) is 1.49. The van der Waals surface area contributed by atoms with Crippen molar-refractivity contribution in [3.63, 3.8) is 0 Å². The summed E-state index contributed by atoms with van der Waals surface area (Å²) in [6.07, 6.45) is 0. The monoisotopic (exact) mass is 320 g/mol. The highest BCUT2D eigenvalue weighted by Gasteiger charge is 2.23. The number of carbonyl (C=O) groups is 1. The molecular formula is C16H24N4O3. The van der Waals surface area contributed by atoms with Crippen molar-refractivity contribution in [1.82, 2.24) is 10.2 Å². The van der Waals surface area contributed by atoms with E-state index in [-0.39, 0.29) is 16.5 Å². The largest absolute Gasteiger partial charge is 0.363 e. The zero-order chi connectivity index (χ0) is 16.8. The molecule has 1 aromatic rings. The molecule has 7 nitrogen and oxygen atoms in total. The topological polar surface area (TPSA) is 78.7 Å². The van der Waals surface area contributed by atoms with E-state index in [1.54, 1.807) is 12.1 Å². The van der Waals surface area contributed by atoms with Crippen LogP contribution in [0.4, 0.5) is 11.4 Å². The maximum atomic E-state index is 11.9. The summed E-state index contributed by atoms with van der Waals surface area (Å²) >= 11 is 0. The van der Waals surface area contributed by atoms with Crippen LogP contribution in [0.1, 0.15) is 13.8 Å². The highest BCUT2D eigenvalue weighted by molar-refractivity contribution is 5.78. The Balaban J connectivity index is 1.87. The van der Waals surface area contributed by atoms with Crippen molar-refractivity contribution < 1.29 is 9.72 Å². The lowest BCUT2D eigenvalue weighted by Gasteiger charge is -2.35. The van der Waals surface area contributed by atoms with Gasteiger partial charge in [0.05, 0.1) is 11.5 Å². The number of nitrogens with one attached hydrogen (secondary N) is 1. The molecule has 126 valence electrons. The lowest BCUT2D eigenvalue weighted by Crippen LogP contribution is -2.49. The van der Waals surface area contributed by atoms with Gasteiger partial charge in [-0.3, -0.25) is 19.8 Å². The fraction of sp³-hybridized carbons (Fsp3) is 0.562. The Morgan fingerprint density at radius 3 is 2.52 bits per heavy atom. The summed E-state index contributed by atoms with van der Waals surface area (Å²) in [6.45, 7) is 8.01. The average Bonchev–Trinajstić information content (AvgIpc) is 2.53. The number of hydrogen-bond donors (Lipinski definition) is 1. The van der Waals surface area contributed by atoms with Crippen molar-refractivity contribution >= 4 is 17.3 Å². The van der Waals surface area contributed by atoms with Crippen LogP contribution in [-0.2, 0) is 4.79 Å². The molecule has 1 aliphatic heterocycles. The smallest absolute Gasteiger partial charge is 0.292 e. The molecule has 23 heavy (non-hydrogen) atoms. The summed E-state index contributed by atoms with van der Waals surface area (Å²) in [4.78, 5) is 26.7. The summed E-state index contributed by atoms with van der Waals surface area (Å²) < 4.78 is 0. The van der Waals surface area contributed by atoms with E-state index in [2.05, 4.69) is 24.1 Å². The number of piperazine rings is 1. The molecule has 0 bridgehead atoms. The molecule has 1 fully saturated rings. The van der Waals surface area contributed by atoms with Crippen molar-refractivity contribution in [3.8, 4) is 0 Å². The van der Waals surface area contributed by atoms with Crippen molar-refractivity contribution in [1.29, 1.82) is 0 Å². The Labute approximate surface area is 136 Å². The number of nitro groups is 1. The second kappa shape index (κ2) is 7.92. The number of hydrogen-bond acceptors (Lipinski definition) is 5. The van der Waals surface area contributed by atoms with Gasteiger partial charge in [0, 0.05) is 38.8 Å². The summed E-state index contributed by atoms with van der Waals surface area (Å²) in [5.74, 6) is 0.479. The second-order valence-electron chi connectivity index (χ2n) is 6.21. The van der Waals surface area contributed by atoms with Gasteiger partial charge in [-0.2, -0.15) is 0 Å². The van der Waals surface area contributed by atoms with E-state index in [0.717, 1.165) is 13.1 Å². The van der Waals surface area contributed by atoms with Crippen molar-refractivity contribution in [2.45, 2.75) is 13.8 Å². The van der Waals surface area contributed by atoms with Crippen LogP contribution in [0.5, 0.6) is 0 Å². The van der Waals surface area contributed by atoms with E-state index < -0.39 is 0 Å². The molecule has 0 unspecified atom stereocenters. The summed E-state index contributed by atoms with van der Waals surface area (Å²) in [5, 5.41) is 14.0. The number of para-hydroxylation sites is 2. The Morgan fingerprint density at radius 2 is 1.91 bits per heavy atom. The summed E-state index contributed by atoms with van der Waals surface area (Å²) in [5.41, 5.74) is 0.789. The van der Waals surface area contributed by atoms with E-state index in [0.29, 0.717) is 37.8 Å². The molecule has 1 aromatic carbocycles. The van der Waals surface area contributed by atoms with Crippen LogP contribution in [0.3, 0.4) is 0 Å². The highest BCUT2D eigenvalue weighted by Crippen LogP contribution is 2.28. The average molecular weight is 320 g/mol.